The van der Waals surface area contributed by atoms with Crippen molar-refractivity contribution in [1.82, 2.24) is 0 Å². The fraction of sp³-hybridized carbons (Fsp3) is 0.500. The predicted octanol–water partition coefficient (Wildman–Crippen LogP) is 3.80. The monoisotopic (exact) mass is 240 g/mol. The summed E-state index contributed by atoms with van der Waals surface area (Å²) in [5.41, 5.74) is 0. The third-order valence-electron chi connectivity index (χ3n) is 2.76. The van der Waals surface area contributed by atoms with Crippen LogP contribution < -0.4 is 4.52 Å². The van der Waals surface area contributed by atoms with E-state index in [2.05, 4.69) is 0 Å². The molecule has 1 aromatic rings. The molecule has 0 radical (unpaired) electrons. The van der Waals surface area contributed by atoms with Crippen LogP contribution in [-0.2, 0) is 9.09 Å². The van der Waals surface area contributed by atoms with E-state index in [1.165, 1.54) is 19.3 Å². The molecule has 16 heavy (non-hydrogen) atoms. The average Bonchev–Trinajstić information content (AvgIpc) is 2.31. The number of hydrogen-bond donors (Lipinski definition) is 0. The molecule has 0 amide bonds. The third-order valence-corrected chi connectivity index (χ3v) is 3.69. The van der Waals surface area contributed by atoms with Crippen LogP contribution in [0.25, 0.3) is 0 Å². The first-order chi connectivity index (χ1) is 7.84. The van der Waals surface area contributed by atoms with Crippen LogP contribution in [0.3, 0.4) is 0 Å². The lowest BCUT2D eigenvalue weighted by Crippen LogP contribution is -2.13. The van der Waals surface area contributed by atoms with Crippen molar-refractivity contribution in [3.05, 3.63) is 30.3 Å². The van der Waals surface area contributed by atoms with E-state index in [0.717, 1.165) is 12.8 Å². The first-order valence-electron chi connectivity index (χ1n) is 5.78. The smallest absolute Gasteiger partial charge is 0.368 e. The van der Waals surface area contributed by atoms with Gasteiger partial charge in [-0.15, -0.1) is 0 Å². The van der Waals surface area contributed by atoms with Gasteiger partial charge in [0, 0.05) is 0 Å². The van der Waals surface area contributed by atoms with Gasteiger partial charge in [0.1, 0.15) is 5.75 Å². The predicted molar refractivity (Wildman–Crippen MR) is 64.0 cm³/mol. The van der Waals surface area contributed by atoms with Gasteiger partial charge in [0.05, 0.1) is 6.10 Å². The van der Waals surface area contributed by atoms with Crippen molar-refractivity contribution >= 4 is 8.25 Å². The number of hydrogen-bond acceptors (Lipinski definition) is 3. The minimum absolute atomic E-state index is 0.129. The Morgan fingerprint density at radius 1 is 1.06 bits per heavy atom. The molecule has 1 aromatic carbocycles. The van der Waals surface area contributed by atoms with Gasteiger partial charge in [0.15, 0.2) is 0 Å². The summed E-state index contributed by atoms with van der Waals surface area (Å²) in [7, 11) is -2.39. The van der Waals surface area contributed by atoms with Crippen LogP contribution >= 0.6 is 8.25 Å². The van der Waals surface area contributed by atoms with Gasteiger partial charge in [-0.05, 0) is 25.0 Å². The van der Waals surface area contributed by atoms with Crippen molar-refractivity contribution in [2.45, 2.75) is 38.2 Å². The largest absolute Gasteiger partial charge is 0.426 e. The summed E-state index contributed by atoms with van der Waals surface area (Å²) in [5.74, 6) is 0.613. The molecule has 2 rings (SSSR count). The zero-order valence-electron chi connectivity index (χ0n) is 9.22. The quantitative estimate of drug-likeness (QED) is 0.751. The van der Waals surface area contributed by atoms with Crippen LogP contribution in [0.2, 0.25) is 0 Å². The summed E-state index contributed by atoms with van der Waals surface area (Å²) in [6, 6.07) is 9.17. The molecule has 88 valence electrons. The Morgan fingerprint density at radius 3 is 2.44 bits per heavy atom. The lowest BCUT2D eigenvalue weighted by Gasteiger charge is -2.21. The summed E-state index contributed by atoms with van der Waals surface area (Å²) in [4.78, 5) is 0. The van der Waals surface area contributed by atoms with Crippen LogP contribution in [0.4, 0.5) is 0 Å². The van der Waals surface area contributed by atoms with Crippen molar-refractivity contribution in [2.75, 3.05) is 0 Å². The highest BCUT2D eigenvalue weighted by Crippen LogP contribution is 2.33. The van der Waals surface area contributed by atoms with Gasteiger partial charge in [-0.2, -0.15) is 0 Å². The molecular formula is C12H17O3P. The molecule has 1 aliphatic rings. The molecule has 0 saturated heterocycles. The lowest BCUT2D eigenvalue weighted by molar-refractivity contribution is 0.149. The molecule has 0 N–H and O–H groups in total. The van der Waals surface area contributed by atoms with Crippen molar-refractivity contribution in [3.63, 3.8) is 0 Å². The van der Waals surface area contributed by atoms with E-state index in [1.807, 2.05) is 18.2 Å². The van der Waals surface area contributed by atoms with Gasteiger partial charge in [-0.25, -0.2) is 4.57 Å². The minimum atomic E-state index is -2.39. The van der Waals surface area contributed by atoms with Gasteiger partial charge < -0.3 is 4.52 Å². The molecule has 0 aliphatic heterocycles. The first kappa shape index (κ1) is 11.7. The van der Waals surface area contributed by atoms with E-state index in [4.69, 9.17) is 9.05 Å². The maximum absolute atomic E-state index is 11.6. The van der Waals surface area contributed by atoms with Crippen LogP contribution in [0.15, 0.2) is 30.3 Å². The first-order valence-corrected chi connectivity index (χ1v) is 7.00. The SMILES string of the molecule is O=[PH](Oc1ccccc1)OC1CCCCC1. The van der Waals surface area contributed by atoms with E-state index < -0.39 is 8.25 Å². The zero-order chi connectivity index (χ0) is 11.2. The van der Waals surface area contributed by atoms with Gasteiger partial charge in [0.25, 0.3) is 0 Å². The van der Waals surface area contributed by atoms with Gasteiger partial charge in [-0.1, -0.05) is 37.5 Å². The average molecular weight is 240 g/mol. The minimum Gasteiger partial charge on any atom is -0.426 e. The van der Waals surface area contributed by atoms with Crippen molar-refractivity contribution in [2.24, 2.45) is 0 Å². The van der Waals surface area contributed by atoms with Crippen LogP contribution in [0, 0.1) is 0 Å². The van der Waals surface area contributed by atoms with E-state index in [0.29, 0.717) is 5.75 Å². The number of rotatable bonds is 4. The van der Waals surface area contributed by atoms with Crippen molar-refractivity contribution in [1.29, 1.82) is 0 Å². The summed E-state index contributed by atoms with van der Waals surface area (Å²) in [6.45, 7) is 0. The molecule has 1 saturated carbocycles. The van der Waals surface area contributed by atoms with Gasteiger partial charge in [0.2, 0.25) is 0 Å². The topological polar surface area (TPSA) is 35.5 Å². The Hall–Kier alpha value is -0.790. The zero-order valence-corrected chi connectivity index (χ0v) is 10.2. The Bertz CT molecular complexity index is 333. The van der Waals surface area contributed by atoms with Crippen LogP contribution in [-0.4, -0.2) is 6.10 Å². The molecule has 3 nitrogen and oxygen atoms in total. The van der Waals surface area contributed by atoms with E-state index in [-0.39, 0.29) is 6.10 Å². The van der Waals surface area contributed by atoms with Gasteiger partial charge in [-0.3, -0.25) is 4.52 Å². The van der Waals surface area contributed by atoms with Crippen LogP contribution in [0.5, 0.6) is 5.75 Å². The Labute approximate surface area is 96.7 Å². The Balaban J connectivity index is 1.80. The second kappa shape index (κ2) is 6.07. The van der Waals surface area contributed by atoms with Crippen molar-refractivity contribution < 1.29 is 13.6 Å². The second-order valence-corrected chi connectivity index (χ2v) is 4.98. The molecule has 0 aromatic heterocycles. The summed E-state index contributed by atoms with van der Waals surface area (Å²) in [6.07, 6.45) is 5.75. The van der Waals surface area contributed by atoms with Crippen molar-refractivity contribution in [3.8, 4) is 5.75 Å². The molecule has 1 aliphatic carbocycles. The highest BCUT2D eigenvalue weighted by molar-refractivity contribution is 7.33. The highest BCUT2D eigenvalue weighted by Gasteiger charge is 2.16. The molecule has 1 fully saturated rings. The fourth-order valence-electron chi connectivity index (χ4n) is 1.93. The maximum atomic E-state index is 11.6. The fourth-order valence-corrected chi connectivity index (χ4v) is 2.81. The van der Waals surface area contributed by atoms with E-state index in [9.17, 15) is 4.57 Å². The molecule has 0 heterocycles. The van der Waals surface area contributed by atoms with Crippen LogP contribution in [0.1, 0.15) is 32.1 Å². The molecule has 4 heteroatoms. The molecule has 0 bridgehead atoms. The maximum Gasteiger partial charge on any atom is 0.368 e. The summed E-state index contributed by atoms with van der Waals surface area (Å²) < 4.78 is 22.3. The normalized spacial score (nSPS) is 19.2. The summed E-state index contributed by atoms with van der Waals surface area (Å²) in [5, 5.41) is 0. The number of benzene rings is 1. The Kier molecular flexibility index (Phi) is 4.44. The summed E-state index contributed by atoms with van der Waals surface area (Å²) >= 11 is 0. The second-order valence-electron chi connectivity index (χ2n) is 4.04. The third kappa shape index (κ3) is 3.66. The van der Waals surface area contributed by atoms with Gasteiger partial charge >= 0.3 is 8.25 Å². The van der Waals surface area contributed by atoms with E-state index in [1.54, 1.807) is 12.1 Å². The lowest BCUT2D eigenvalue weighted by atomic mass is 9.98. The molecule has 1 atom stereocenters. The standard InChI is InChI=1S/C12H17O3P/c13-16(14-11-7-3-1-4-8-11)15-12-9-5-2-6-10-12/h1,3-4,7-8,12,16H,2,5-6,9-10H2. The molecule has 0 spiro atoms. The van der Waals surface area contributed by atoms with E-state index >= 15 is 0 Å². The molecule has 1 unspecified atom stereocenters. The Morgan fingerprint density at radius 2 is 1.75 bits per heavy atom. The highest BCUT2D eigenvalue weighted by atomic mass is 31.1. The molecular weight excluding hydrogens is 223 g/mol. The number of para-hydroxylation sites is 1.